The van der Waals surface area contributed by atoms with Crippen molar-refractivity contribution in [2.24, 2.45) is 0 Å². The van der Waals surface area contributed by atoms with Crippen LogP contribution in [0, 0.1) is 17.0 Å². The molecule has 0 aromatic heterocycles. The highest BCUT2D eigenvalue weighted by Gasteiger charge is 2.18. The van der Waals surface area contributed by atoms with Gasteiger partial charge in [0.25, 0.3) is 5.69 Å². The van der Waals surface area contributed by atoms with Gasteiger partial charge in [0.2, 0.25) is 5.91 Å². The van der Waals surface area contributed by atoms with E-state index in [1.807, 2.05) is 13.0 Å². The first kappa shape index (κ1) is 19.4. The number of nitrogens with zero attached hydrogens (tertiary/aromatic N) is 1. The number of carbonyl (C=O) groups excluding carboxylic acids is 2. The van der Waals surface area contributed by atoms with E-state index in [-0.39, 0.29) is 35.0 Å². The number of benzene rings is 2. The van der Waals surface area contributed by atoms with E-state index in [0.29, 0.717) is 11.3 Å². The molecule has 0 saturated heterocycles. The average molecular weight is 377 g/mol. The monoisotopic (exact) mass is 376 g/mol. The molecule has 0 aliphatic heterocycles. The van der Waals surface area contributed by atoms with Gasteiger partial charge in [-0.05, 0) is 31.2 Å². The van der Waals surface area contributed by atoms with E-state index in [9.17, 15) is 19.7 Å². The molecule has 0 spiro atoms. The van der Waals surface area contributed by atoms with Gasteiger partial charge in [-0.2, -0.15) is 0 Å². The van der Waals surface area contributed by atoms with E-state index in [2.05, 4.69) is 5.32 Å². The number of aryl methyl sites for hydroxylation is 1. The normalized spacial score (nSPS) is 10.3. The van der Waals surface area contributed by atoms with Crippen LogP contribution >= 0.6 is 11.6 Å². The fourth-order valence-corrected chi connectivity index (χ4v) is 2.54. The van der Waals surface area contributed by atoms with Crippen LogP contribution in [0.5, 0.6) is 5.75 Å². The minimum atomic E-state index is -0.635. The number of amides is 1. The molecule has 2 aromatic carbocycles. The lowest BCUT2D eigenvalue weighted by Gasteiger charge is -2.09. The molecule has 0 bridgehead atoms. The molecular formula is C18H17ClN2O5. The summed E-state index contributed by atoms with van der Waals surface area (Å²) in [6, 6.07) is 9.15. The lowest BCUT2D eigenvalue weighted by Crippen LogP contribution is -2.15. The third kappa shape index (κ3) is 4.80. The van der Waals surface area contributed by atoms with Gasteiger partial charge in [0.15, 0.2) is 5.78 Å². The topological polar surface area (TPSA) is 98.5 Å². The van der Waals surface area contributed by atoms with Crippen molar-refractivity contribution in [1.29, 1.82) is 0 Å². The molecule has 7 nitrogen and oxygen atoms in total. The molecule has 26 heavy (non-hydrogen) atoms. The van der Waals surface area contributed by atoms with Crippen LogP contribution in [0.2, 0.25) is 5.02 Å². The second-order valence-electron chi connectivity index (χ2n) is 5.59. The van der Waals surface area contributed by atoms with Crippen LogP contribution in [0.3, 0.4) is 0 Å². The maximum absolute atomic E-state index is 12.4. The van der Waals surface area contributed by atoms with Gasteiger partial charge in [-0.3, -0.25) is 19.7 Å². The highest BCUT2D eigenvalue weighted by Crippen LogP contribution is 2.28. The fourth-order valence-electron chi connectivity index (χ4n) is 2.38. The van der Waals surface area contributed by atoms with Crippen LogP contribution in [0.15, 0.2) is 36.4 Å². The zero-order chi connectivity index (χ0) is 19.3. The summed E-state index contributed by atoms with van der Waals surface area (Å²) >= 11 is 5.74. The number of hydrogen-bond donors (Lipinski definition) is 1. The molecule has 0 unspecified atom stereocenters. The predicted molar refractivity (Wildman–Crippen MR) is 98.0 cm³/mol. The van der Waals surface area contributed by atoms with E-state index >= 15 is 0 Å². The van der Waals surface area contributed by atoms with Crippen molar-refractivity contribution < 1.29 is 19.2 Å². The molecule has 0 atom stereocenters. The molecule has 0 fully saturated rings. The maximum atomic E-state index is 12.4. The number of halogens is 1. The van der Waals surface area contributed by atoms with Crippen molar-refractivity contribution in [1.82, 2.24) is 0 Å². The standard InChI is InChI=1S/C18H17ClN2O5/c1-11-3-7-17(26-2)13(9-11)16(22)6-8-18(23)20-14-5-4-12(19)10-15(14)21(24)25/h3-5,7,9-10H,6,8H2,1-2H3,(H,20,23). The minimum Gasteiger partial charge on any atom is -0.496 e. The summed E-state index contributed by atoms with van der Waals surface area (Å²) in [7, 11) is 1.47. The second kappa shape index (κ2) is 8.44. The molecule has 1 N–H and O–H groups in total. The first-order valence-electron chi connectivity index (χ1n) is 7.73. The molecule has 0 aliphatic rings. The number of nitrogens with one attached hydrogen (secondary N) is 1. The van der Waals surface area contributed by atoms with Crippen molar-refractivity contribution in [2.45, 2.75) is 19.8 Å². The van der Waals surface area contributed by atoms with Crippen LogP contribution in [0.25, 0.3) is 0 Å². The maximum Gasteiger partial charge on any atom is 0.294 e. The highest BCUT2D eigenvalue weighted by atomic mass is 35.5. The van der Waals surface area contributed by atoms with E-state index in [1.165, 1.54) is 19.2 Å². The number of nitro groups is 1. The number of rotatable bonds is 7. The van der Waals surface area contributed by atoms with Crippen molar-refractivity contribution >= 4 is 34.7 Å². The molecule has 136 valence electrons. The summed E-state index contributed by atoms with van der Waals surface area (Å²) in [5.74, 6) is -0.309. The number of anilines is 1. The van der Waals surface area contributed by atoms with Gasteiger partial charge in [0.05, 0.1) is 17.6 Å². The van der Waals surface area contributed by atoms with Crippen LogP contribution < -0.4 is 10.1 Å². The fraction of sp³-hybridized carbons (Fsp3) is 0.222. The number of hydrogen-bond acceptors (Lipinski definition) is 5. The van der Waals surface area contributed by atoms with Crippen LogP contribution in [0.1, 0.15) is 28.8 Å². The Kier molecular flexibility index (Phi) is 6.30. The smallest absolute Gasteiger partial charge is 0.294 e. The van der Waals surface area contributed by atoms with Gasteiger partial charge < -0.3 is 10.1 Å². The van der Waals surface area contributed by atoms with Gasteiger partial charge in [0.1, 0.15) is 11.4 Å². The van der Waals surface area contributed by atoms with Gasteiger partial charge >= 0.3 is 0 Å². The second-order valence-corrected chi connectivity index (χ2v) is 6.03. The molecule has 2 rings (SSSR count). The summed E-state index contributed by atoms with van der Waals surface area (Å²) in [6.45, 7) is 1.85. The highest BCUT2D eigenvalue weighted by molar-refractivity contribution is 6.31. The molecule has 0 aliphatic carbocycles. The quantitative estimate of drug-likeness (QED) is 0.444. The SMILES string of the molecule is COc1ccc(C)cc1C(=O)CCC(=O)Nc1ccc(Cl)cc1[N+](=O)[O-]. The Morgan fingerprint density at radius 2 is 1.92 bits per heavy atom. The first-order valence-corrected chi connectivity index (χ1v) is 8.11. The van der Waals surface area contributed by atoms with E-state index < -0.39 is 10.8 Å². The molecule has 1 amide bonds. The third-order valence-electron chi connectivity index (χ3n) is 3.67. The number of methoxy groups -OCH3 is 1. The Balaban J connectivity index is 2.05. The molecule has 8 heteroatoms. The summed E-state index contributed by atoms with van der Waals surface area (Å²) < 4.78 is 5.17. The van der Waals surface area contributed by atoms with Gasteiger partial charge in [-0.25, -0.2) is 0 Å². The summed E-state index contributed by atoms with van der Waals surface area (Å²) in [5, 5.41) is 13.7. The zero-order valence-corrected chi connectivity index (χ0v) is 15.0. The number of ketones is 1. The van der Waals surface area contributed by atoms with Crippen molar-refractivity contribution in [3.63, 3.8) is 0 Å². The number of carbonyl (C=O) groups is 2. The van der Waals surface area contributed by atoms with Crippen LogP contribution in [0.4, 0.5) is 11.4 Å². The summed E-state index contributed by atoms with van der Waals surface area (Å²) in [6.07, 6.45) is -0.164. The first-order chi connectivity index (χ1) is 12.3. The Morgan fingerprint density at radius 3 is 2.58 bits per heavy atom. The van der Waals surface area contributed by atoms with E-state index in [0.717, 1.165) is 11.6 Å². The Morgan fingerprint density at radius 1 is 1.19 bits per heavy atom. The van der Waals surface area contributed by atoms with Gasteiger partial charge in [0, 0.05) is 23.9 Å². The summed E-state index contributed by atoms with van der Waals surface area (Å²) in [5.41, 5.74) is 1.02. The lowest BCUT2D eigenvalue weighted by molar-refractivity contribution is -0.383. The van der Waals surface area contributed by atoms with E-state index in [1.54, 1.807) is 12.1 Å². The number of Topliss-reactive ketones (excluding diaryl/α,β-unsaturated/α-hetero) is 1. The molecule has 0 saturated carbocycles. The van der Waals surface area contributed by atoms with E-state index in [4.69, 9.17) is 16.3 Å². The molecule has 0 heterocycles. The Labute approximate surface area is 155 Å². The van der Waals surface area contributed by atoms with Crippen molar-refractivity contribution in [3.05, 3.63) is 62.7 Å². The average Bonchev–Trinajstić information content (AvgIpc) is 2.61. The lowest BCUT2D eigenvalue weighted by atomic mass is 10.0. The molecule has 0 radical (unpaired) electrons. The Bertz CT molecular complexity index is 867. The third-order valence-corrected chi connectivity index (χ3v) is 3.90. The number of nitro benzene ring substituents is 1. The number of ether oxygens (including phenoxy) is 1. The summed E-state index contributed by atoms with van der Waals surface area (Å²) in [4.78, 5) is 34.8. The zero-order valence-electron chi connectivity index (χ0n) is 14.2. The largest absolute Gasteiger partial charge is 0.496 e. The van der Waals surface area contributed by atoms with Crippen LogP contribution in [-0.4, -0.2) is 23.7 Å². The Hall–Kier alpha value is -2.93. The van der Waals surface area contributed by atoms with Crippen LogP contribution in [-0.2, 0) is 4.79 Å². The minimum absolute atomic E-state index is 0.0324. The van der Waals surface area contributed by atoms with Crippen molar-refractivity contribution in [3.8, 4) is 5.75 Å². The molecular weight excluding hydrogens is 360 g/mol. The van der Waals surface area contributed by atoms with Crippen molar-refractivity contribution in [2.75, 3.05) is 12.4 Å². The van der Waals surface area contributed by atoms with Gasteiger partial charge in [-0.15, -0.1) is 0 Å². The van der Waals surface area contributed by atoms with Gasteiger partial charge in [-0.1, -0.05) is 23.2 Å². The molecule has 2 aromatic rings. The predicted octanol–water partition coefficient (Wildman–Crippen LogP) is 4.17.